The van der Waals surface area contributed by atoms with E-state index in [1.807, 2.05) is 7.05 Å². The minimum atomic E-state index is -0.774. The van der Waals surface area contributed by atoms with Gasteiger partial charge in [-0.1, -0.05) is 0 Å². The van der Waals surface area contributed by atoms with Gasteiger partial charge in [0.25, 0.3) is 0 Å². The van der Waals surface area contributed by atoms with Gasteiger partial charge in [-0.05, 0) is 25.7 Å². The van der Waals surface area contributed by atoms with Crippen molar-refractivity contribution in [3.05, 3.63) is 12.2 Å². The van der Waals surface area contributed by atoms with Crippen LogP contribution in [0.2, 0.25) is 0 Å². The predicted octanol–water partition coefficient (Wildman–Crippen LogP) is -0.0469. The molecule has 0 aromatic carbocycles. The first-order valence-electron chi connectivity index (χ1n) is 6.99. The van der Waals surface area contributed by atoms with Crippen molar-refractivity contribution in [2.24, 2.45) is 13.0 Å². The van der Waals surface area contributed by atoms with Crippen LogP contribution in [0.5, 0.6) is 0 Å². The van der Waals surface area contributed by atoms with Crippen LogP contribution in [0.4, 0.5) is 0 Å². The molecule has 0 bridgehead atoms. The van der Waals surface area contributed by atoms with Gasteiger partial charge in [0, 0.05) is 26.6 Å². The Hall–Kier alpha value is -1.47. The number of carboxylic acid groups (broad SMARTS) is 1. The largest absolute Gasteiger partial charge is 0.481 e. The molecule has 1 saturated carbocycles. The Balaban J connectivity index is 1.67. The van der Waals surface area contributed by atoms with Crippen LogP contribution < -0.4 is 5.32 Å². The molecule has 1 heterocycles. The van der Waals surface area contributed by atoms with E-state index in [1.165, 1.54) is 0 Å². The monoisotopic (exact) mass is 282 g/mol. The summed E-state index contributed by atoms with van der Waals surface area (Å²) in [5.41, 5.74) is -0.774. The van der Waals surface area contributed by atoms with E-state index in [4.69, 9.17) is 5.11 Å². The van der Waals surface area contributed by atoms with Crippen LogP contribution in [0.25, 0.3) is 0 Å². The second-order valence-corrected chi connectivity index (χ2v) is 5.60. The summed E-state index contributed by atoms with van der Waals surface area (Å²) in [6.45, 7) is 1.20. The average Bonchev–Trinajstić information content (AvgIpc) is 2.81. The van der Waals surface area contributed by atoms with Gasteiger partial charge < -0.3 is 15.5 Å². The van der Waals surface area contributed by atoms with E-state index in [1.54, 1.807) is 11.0 Å². The van der Waals surface area contributed by atoms with Gasteiger partial charge in [0.15, 0.2) is 5.82 Å². The van der Waals surface area contributed by atoms with Crippen molar-refractivity contribution >= 4 is 5.97 Å². The van der Waals surface area contributed by atoms with Crippen molar-refractivity contribution < 1.29 is 15.0 Å². The SMILES string of the molecule is Cn1cnc(CCNCC2(O)CCC(C(=O)O)CC2)n1. The number of carbonyl (C=O) groups is 1. The summed E-state index contributed by atoms with van der Waals surface area (Å²) >= 11 is 0. The molecule has 0 saturated heterocycles. The summed E-state index contributed by atoms with van der Waals surface area (Å²) < 4.78 is 1.66. The molecule has 0 radical (unpaired) electrons. The molecule has 0 atom stereocenters. The topological polar surface area (TPSA) is 100 Å². The highest BCUT2D eigenvalue weighted by molar-refractivity contribution is 5.70. The Morgan fingerprint density at radius 1 is 1.55 bits per heavy atom. The quantitative estimate of drug-likeness (QED) is 0.633. The molecule has 1 aromatic heterocycles. The third kappa shape index (κ3) is 4.01. The lowest BCUT2D eigenvalue weighted by Crippen LogP contribution is -2.44. The molecule has 0 amide bonds. The van der Waals surface area contributed by atoms with E-state index >= 15 is 0 Å². The molecule has 1 aromatic rings. The predicted molar refractivity (Wildman–Crippen MR) is 72.1 cm³/mol. The smallest absolute Gasteiger partial charge is 0.306 e. The van der Waals surface area contributed by atoms with Crippen LogP contribution in [-0.4, -0.2) is 49.6 Å². The Bertz CT molecular complexity index is 452. The Morgan fingerprint density at radius 2 is 2.25 bits per heavy atom. The van der Waals surface area contributed by atoms with Crippen LogP contribution in [0.3, 0.4) is 0 Å². The Kier molecular flexibility index (Phi) is 4.72. The molecule has 0 unspecified atom stereocenters. The first-order chi connectivity index (χ1) is 9.48. The van der Waals surface area contributed by atoms with Gasteiger partial charge in [0.1, 0.15) is 6.33 Å². The summed E-state index contributed by atoms with van der Waals surface area (Å²) in [5, 5.41) is 26.7. The molecule has 1 fully saturated rings. The number of hydrogen-bond donors (Lipinski definition) is 3. The number of hydrogen-bond acceptors (Lipinski definition) is 5. The number of nitrogens with one attached hydrogen (secondary N) is 1. The molecule has 0 spiro atoms. The molecular weight excluding hydrogens is 260 g/mol. The van der Waals surface area contributed by atoms with E-state index in [0.717, 1.165) is 5.82 Å². The van der Waals surface area contributed by atoms with Gasteiger partial charge in [0.2, 0.25) is 0 Å². The molecule has 1 aliphatic carbocycles. The fourth-order valence-corrected chi connectivity index (χ4v) is 2.60. The number of carboxylic acids is 1. The lowest BCUT2D eigenvalue weighted by atomic mass is 9.79. The minimum Gasteiger partial charge on any atom is -0.481 e. The molecule has 0 aliphatic heterocycles. The van der Waals surface area contributed by atoms with Gasteiger partial charge in [-0.25, -0.2) is 4.98 Å². The molecule has 1 aliphatic rings. The van der Waals surface area contributed by atoms with E-state index in [-0.39, 0.29) is 5.92 Å². The number of aliphatic carboxylic acids is 1. The van der Waals surface area contributed by atoms with Crippen molar-refractivity contribution in [2.75, 3.05) is 13.1 Å². The maximum absolute atomic E-state index is 10.9. The normalized spacial score (nSPS) is 26.6. The van der Waals surface area contributed by atoms with Gasteiger partial charge in [0.05, 0.1) is 11.5 Å². The third-order valence-corrected chi connectivity index (χ3v) is 3.89. The highest BCUT2D eigenvalue weighted by Gasteiger charge is 2.35. The highest BCUT2D eigenvalue weighted by atomic mass is 16.4. The molecular formula is C13H22N4O3. The Morgan fingerprint density at radius 3 is 2.80 bits per heavy atom. The summed E-state index contributed by atoms with van der Waals surface area (Å²) in [7, 11) is 1.83. The lowest BCUT2D eigenvalue weighted by Gasteiger charge is -2.34. The number of aliphatic hydroxyl groups is 1. The molecule has 3 N–H and O–H groups in total. The second kappa shape index (κ2) is 6.32. The first-order valence-corrected chi connectivity index (χ1v) is 6.99. The second-order valence-electron chi connectivity index (χ2n) is 5.60. The highest BCUT2D eigenvalue weighted by Crippen LogP contribution is 2.31. The fraction of sp³-hybridized carbons (Fsp3) is 0.769. The fourth-order valence-electron chi connectivity index (χ4n) is 2.60. The van der Waals surface area contributed by atoms with E-state index < -0.39 is 11.6 Å². The summed E-state index contributed by atoms with van der Waals surface area (Å²) in [6.07, 6.45) is 4.56. The van der Waals surface area contributed by atoms with Crippen molar-refractivity contribution in [1.29, 1.82) is 0 Å². The standard InChI is InChI=1S/C13H22N4O3/c1-17-9-15-11(16-17)4-7-14-8-13(20)5-2-10(3-6-13)12(18)19/h9-10,14,20H,2-8H2,1H3,(H,18,19). The third-order valence-electron chi connectivity index (χ3n) is 3.89. The van der Waals surface area contributed by atoms with Gasteiger partial charge in [-0.3, -0.25) is 9.48 Å². The van der Waals surface area contributed by atoms with Crippen molar-refractivity contribution in [3.63, 3.8) is 0 Å². The van der Waals surface area contributed by atoms with Gasteiger partial charge >= 0.3 is 5.97 Å². The van der Waals surface area contributed by atoms with E-state index in [0.29, 0.717) is 45.2 Å². The van der Waals surface area contributed by atoms with Gasteiger partial charge in [-0.2, -0.15) is 5.10 Å². The maximum atomic E-state index is 10.9. The summed E-state index contributed by atoms with van der Waals surface area (Å²) in [6, 6.07) is 0. The zero-order chi connectivity index (χ0) is 14.6. The summed E-state index contributed by atoms with van der Waals surface area (Å²) in [5.74, 6) is -0.268. The number of aryl methyl sites for hydroxylation is 1. The van der Waals surface area contributed by atoms with Crippen LogP contribution in [0.15, 0.2) is 6.33 Å². The zero-order valence-corrected chi connectivity index (χ0v) is 11.7. The van der Waals surface area contributed by atoms with Crippen molar-refractivity contribution in [1.82, 2.24) is 20.1 Å². The molecule has 2 rings (SSSR count). The zero-order valence-electron chi connectivity index (χ0n) is 11.7. The van der Waals surface area contributed by atoms with Crippen molar-refractivity contribution in [2.45, 2.75) is 37.7 Å². The van der Waals surface area contributed by atoms with Gasteiger partial charge in [-0.15, -0.1) is 0 Å². The van der Waals surface area contributed by atoms with E-state index in [2.05, 4.69) is 15.4 Å². The first kappa shape index (κ1) is 14.9. The van der Waals surface area contributed by atoms with Crippen molar-refractivity contribution in [3.8, 4) is 0 Å². The molecule has 7 heteroatoms. The van der Waals surface area contributed by atoms with Crippen LogP contribution >= 0.6 is 0 Å². The Labute approximate surface area is 118 Å². The van der Waals surface area contributed by atoms with Crippen LogP contribution in [0.1, 0.15) is 31.5 Å². The summed E-state index contributed by atoms with van der Waals surface area (Å²) in [4.78, 5) is 15.0. The molecule has 112 valence electrons. The number of rotatable bonds is 6. The van der Waals surface area contributed by atoms with Crippen LogP contribution in [-0.2, 0) is 18.3 Å². The molecule has 7 nitrogen and oxygen atoms in total. The van der Waals surface area contributed by atoms with E-state index in [9.17, 15) is 9.90 Å². The average molecular weight is 282 g/mol. The molecule has 20 heavy (non-hydrogen) atoms. The minimum absolute atomic E-state index is 0.298. The number of aromatic nitrogens is 3. The van der Waals surface area contributed by atoms with Crippen LogP contribution in [0, 0.1) is 5.92 Å². The maximum Gasteiger partial charge on any atom is 0.306 e. The number of nitrogens with zero attached hydrogens (tertiary/aromatic N) is 3. The lowest BCUT2D eigenvalue weighted by molar-refractivity contribution is -0.144.